The summed E-state index contributed by atoms with van der Waals surface area (Å²) in [6, 6.07) is 15.1. The van der Waals surface area contributed by atoms with Gasteiger partial charge in [-0.1, -0.05) is 12.1 Å². The van der Waals surface area contributed by atoms with Crippen LogP contribution in [-0.4, -0.2) is 25.9 Å². The number of methoxy groups -OCH3 is 2. The number of amides is 1. The summed E-state index contributed by atoms with van der Waals surface area (Å²) in [5.74, 6) is 1.76. The number of carbonyl (C=O) groups is 1. The molecular weight excluding hydrogens is 348 g/mol. The molecule has 0 atom stereocenters. The van der Waals surface area contributed by atoms with Crippen LogP contribution in [0.15, 0.2) is 53.4 Å². The summed E-state index contributed by atoms with van der Waals surface area (Å²) in [5.41, 5.74) is 1.53. The Hall–Kier alpha value is -2.91. The Morgan fingerprint density at radius 2 is 1.88 bits per heavy atom. The van der Waals surface area contributed by atoms with Crippen molar-refractivity contribution in [3.05, 3.63) is 54.1 Å². The maximum absolute atomic E-state index is 12.3. The number of nitrogens with one attached hydrogen (secondary N) is 1. The van der Waals surface area contributed by atoms with Crippen LogP contribution in [-0.2, 0) is 4.79 Å². The van der Waals surface area contributed by atoms with Gasteiger partial charge in [-0.25, -0.2) is 0 Å². The van der Waals surface area contributed by atoms with Crippen molar-refractivity contribution in [3.63, 3.8) is 0 Å². The molecule has 0 radical (unpaired) electrons. The number of benzene rings is 2. The SMILES string of the molecule is COc1cc(C=CC(=O)Nc2ccccc2SCCC#N)cc(OC)c1. The first-order valence-electron chi connectivity index (χ1n) is 7.97. The lowest BCUT2D eigenvalue weighted by atomic mass is 10.2. The minimum Gasteiger partial charge on any atom is -0.497 e. The molecule has 0 saturated heterocycles. The quantitative estimate of drug-likeness (QED) is 0.426. The van der Waals surface area contributed by atoms with Crippen LogP contribution in [0, 0.1) is 11.3 Å². The number of hydrogen-bond acceptors (Lipinski definition) is 5. The number of hydrogen-bond donors (Lipinski definition) is 1. The van der Waals surface area contributed by atoms with Crippen LogP contribution in [0.2, 0.25) is 0 Å². The number of para-hydroxylation sites is 1. The van der Waals surface area contributed by atoms with Crippen LogP contribution in [0.5, 0.6) is 11.5 Å². The van der Waals surface area contributed by atoms with Gasteiger partial charge in [-0.15, -0.1) is 11.8 Å². The van der Waals surface area contributed by atoms with Gasteiger partial charge in [-0.05, 0) is 35.9 Å². The van der Waals surface area contributed by atoms with E-state index in [0.717, 1.165) is 16.1 Å². The van der Waals surface area contributed by atoms with Gasteiger partial charge in [0.2, 0.25) is 5.91 Å². The minimum atomic E-state index is -0.236. The molecule has 0 heterocycles. The molecule has 0 aliphatic heterocycles. The van der Waals surface area contributed by atoms with Crippen LogP contribution in [0.4, 0.5) is 5.69 Å². The van der Waals surface area contributed by atoms with Crippen molar-refractivity contribution in [3.8, 4) is 17.6 Å². The highest BCUT2D eigenvalue weighted by Gasteiger charge is 2.05. The highest BCUT2D eigenvalue weighted by atomic mass is 32.2. The van der Waals surface area contributed by atoms with Gasteiger partial charge < -0.3 is 14.8 Å². The smallest absolute Gasteiger partial charge is 0.248 e. The van der Waals surface area contributed by atoms with E-state index < -0.39 is 0 Å². The summed E-state index contributed by atoms with van der Waals surface area (Å²) in [7, 11) is 3.16. The number of nitrogens with zero attached hydrogens (tertiary/aromatic N) is 1. The Balaban J connectivity index is 2.07. The lowest BCUT2D eigenvalue weighted by Crippen LogP contribution is -2.08. The van der Waals surface area contributed by atoms with E-state index in [0.29, 0.717) is 23.7 Å². The first-order chi connectivity index (χ1) is 12.7. The fraction of sp³-hybridized carbons (Fsp3) is 0.200. The largest absolute Gasteiger partial charge is 0.497 e. The van der Waals surface area contributed by atoms with Crippen molar-refractivity contribution in [1.29, 1.82) is 5.26 Å². The van der Waals surface area contributed by atoms with E-state index in [1.165, 1.54) is 6.08 Å². The monoisotopic (exact) mass is 368 g/mol. The molecule has 6 heteroatoms. The maximum Gasteiger partial charge on any atom is 0.248 e. The van der Waals surface area contributed by atoms with Crippen molar-refractivity contribution < 1.29 is 14.3 Å². The van der Waals surface area contributed by atoms with E-state index in [-0.39, 0.29) is 5.91 Å². The molecule has 2 aromatic rings. The minimum absolute atomic E-state index is 0.236. The first-order valence-corrected chi connectivity index (χ1v) is 8.95. The molecule has 0 unspecified atom stereocenters. The second-order valence-corrected chi connectivity index (χ2v) is 6.36. The van der Waals surface area contributed by atoms with Gasteiger partial charge in [0.1, 0.15) is 11.5 Å². The van der Waals surface area contributed by atoms with Gasteiger partial charge in [-0.3, -0.25) is 4.79 Å². The van der Waals surface area contributed by atoms with Crippen molar-refractivity contribution in [1.82, 2.24) is 0 Å². The molecule has 0 fully saturated rings. The van der Waals surface area contributed by atoms with Crippen LogP contribution >= 0.6 is 11.8 Å². The second-order valence-electron chi connectivity index (χ2n) is 5.22. The van der Waals surface area contributed by atoms with Crippen LogP contribution in [0.1, 0.15) is 12.0 Å². The Bertz CT molecular complexity index is 806. The van der Waals surface area contributed by atoms with Crippen molar-refractivity contribution in [2.45, 2.75) is 11.3 Å². The van der Waals surface area contributed by atoms with Crippen molar-refractivity contribution in [2.75, 3.05) is 25.3 Å². The number of carbonyl (C=O) groups excluding carboxylic acids is 1. The Morgan fingerprint density at radius 3 is 2.54 bits per heavy atom. The summed E-state index contributed by atoms with van der Waals surface area (Å²) < 4.78 is 10.4. The van der Waals surface area contributed by atoms with E-state index >= 15 is 0 Å². The Kier molecular flexibility index (Phi) is 7.59. The zero-order chi connectivity index (χ0) is 18.8. The molecule has 0 aromatic heterocycles. The van der Waals surface area contributed by atoms with E-state index in [4.69, 9.17) is 14.7 Å². The maximum atomic E-state index is 12.3. The van der Waals surface area contributed by atoms with Gasteiger partial charge >= 0.3 is 0 Å². The fourth-order valence-corrected chi connectivity index (χ4v) is 3.04. The summed E-state index contributed by atoms with van der Waals surface area (Å²) in [6.07, 6.45) is 3.63. The third-order valence-corrected chi connectivity index (χ3v) is 4.49. The molecule has 2 aromatic carbocycles. The molecule has 26 heavy (non-hydrogen) atoms. The van der Waals surface area contributed by atoms with E-state index in [1.54, 1.807) is 38.1 Å². The average Bonchev–Trinajstić information content (AvgIpc) is 2.67. The highest BCUT2D eigenvalue weighted by molar-refractivity contribution is 7.99. The van der Waals surface area contributed by atoms with Gasteiger partial charge in [0.05, 0.1) is 26.0 Å². The number of ether oxygens (including phenoxy) is 2. The fourth-order valence-electron chi connectivity index (χ4n) is 2.17. The van der Waals surface area contributed by atoms with Gasteiger partial charge in [0, 0.05) is 29.2 Å². The molecular formula is C20H20N2O3S. The third kappa shape index (κ3) is 5.87. The number of anilines is 1. The summed E-state index contributed by atoms with van der Waals surface area (Å²) in [6.45, 7) is 0. The molecule has 0 aliphatic carbocycles. The zero-order valence-corrected chi connectivity index (χ0v) is 15.5. The summed E-state index contributed by atoms with van der Waals surface area (Å²) >= 11 is 1.54. The standard InChI is InChI=1S/C20H20N2O3S/c1-24-16-12-15(13-17(14-16)25-2)8-9-20(23)22-18-6-3-4-7-19(18)26-11-5-10-21/h3-4,6-9,12-14H,5,11H2,1-2H3,(H,22,23). The molecule has 1 amide bonds. The average molecular weight is 368 g/mol. The molecule has 2 rings (SSSR count). The summed E-state index contributed by atoms with van der Waals surface area (Å²) in [5, 5.41) is 11.5. The van der Waals surface area contributed by atoms with Crippen LogP contribution < -0.4 is 14.8 Å². The second kappa shape index (κ2) is 10.2. The molecule has 0 spiro atoms. The summed E-state index contributed by atoms with van der Waals surface area (Å²) in [4.78, 5) is 13.2. The Morgan fingerprint density at radius 1 is 1.19 bits per heavy atom. The van der Waals surface area contributed by atoms with E-state index in [1.807, 2.05) is 36.4 Å². The lowest BCUT2D eigenvalue weighted by molar-refractivity contribution is -0.111. The predicted octanol–water partition coefficient (Wildman–Crippen LogP) is 4.36. The van der Waals surface area contributed by atoms with E-state index in [9.17, 15) is 4.79 Å². The first kappa shape index (κ1) is 19.4. The topological polar surface area (TPSA) is 71.3 Å². The van der Waals surface area contributed by atoms with Crippen LogP contribution in [0.25, 0.3) is 6.08 Å². The van der Waals surface area contributed by atoms with Crippen LogP contribution in [0.3, 0.4) is 0 Å². The lowest BCUT2D eigenvalue weighted by Gasteiger charge is -2.09. The Labute approximate surface area is 157 Å². The van der Waals surface area contributed by atoms with E-state index in [2.05, 4.69) is 11.4 Å². The molecule has 0 saturated carbocycles. The van der Waals surface area contributed by atoms with Gasteiger partial charge in [-0.2, -0.15) is 5.26 Å². The number of thioether (sulfide) groups is 1. The predicted molar refractivity (Wildman–Crippen MR) is 105 cm³/mol. The zero-order valence-electron chi connectivity index (χ0n) is 14.7. The highest BCUT2D eigenvalue weighted by Crippen LogP contribution is 2.27. The molecule has 1 N–H and O–H groups in total. The molecule has 0 aliphatic rings. The van der Waals surface area contributed by atoms with Gasteiger partial charge in [0.15, 0.2) is 0 Å². The normalized spacial score (nSPS) is 10.3. The molecule has 5 nitrogen and oxygen atoms in total. The number of nitriles is 1. The third-order valence-electron chi connectivity index (χ3n) is 3.42. The molecule has 134 valence electrons. The van der Waals surface area contributed by atoms with Gasteiger partial charge in [0.25, 0.3) is 0 Å². The number of rotatable bonds is 8. The van der Waals surface area contributed by atoms with Crippen molar-refractivity contribution in [2.24, 2.45) is 0 Å². The molecule has 0 bridgehead atoms. The van der Waals surface area contributed by atoms with Crippen molar-refractivity contribution >= 4 is 29.4 Å².